The number of H-pyrrole nitrogens is 2. The first-order valence-electron chi connectivity index (χ1n) is 9.07. The molecular weight excluding hydrogens is 332 g/mol. The molecule has 2 N–H and O–H groups in total. The number of aryl methyl sites for hydroxylation is 2. The number of rotatable bonds is 4. The van der Waals surface area contributed by atoms with Gasteiger partial charge in [0.05, 0.1) is 17.8 Å². The van der Waals surface area contributed by atoms with Gasteiger partial charge in [0.15, 0.2) is 0 Å². The number of hydrogen-bond acceptors (Lipinski definition) is 4. The fourth-order valence-electron chi connectivity index (χ4n) is 3.65. The molecule has 0 spiro atoms. The Hall–Kier alpha value is -2.41. The standard InChI is InChI=1S/C19H24N4O3/c1-10-11(2)21-18(20-10)16-8-14(26-3)9-23(16)19(25)13-6-15(12-4-5-12)22-17(24)7-13/h6-7,12,14,16H,4-5,8-9H2,1-3H3,(H,20,21)(H,22,24)/t14-,16+/m1/s1. The quantitative estimate of drug-likeness (QED) is 0.878. The molecule has 2 fully saturated rings. The van der Waals surface area contributed by atoms with Crippen molar-refractivity contribution in [1.82, 2.24) is 19.9 Å². The molecule has 138 valence electrons. The van der Waals surface area contributed by atoms with E-state index in [4.69, 9.17) is 4.74 Å². The number of hydrogen-bond donors (Lipinski definition) is 2. The van der Waals surface area contributed by atoms with Crippen molar-refractivity contribution in [3.05, 3.63) is 51.0 Å². The Morgan fingerprint density at radius 1 is 1.27 bits per heavy atom. The van der Waals surface area contributed by atoms with Crippen LogP contribution in [0.15, 0.2) is 16.9 Å². The Morgan fingerprint density at radius 3 is 2.65 bits per heavy atom. The molecule has 0 unspecified atom stereocenters. The number of ether oxygens (including phenoxy) is 1. The zero-order valence-electron chi connectivity index (χ0n) is 15.3. The topological polar surface area (TPSA) is 91.1 Å². The van der Waals surface area contributed by atoms with Crippen molar-refractivity contribution in [1.29, 1.82) is 0 Å². The van der Waals surface area contributed by atoms with Crippen LogP contribution in [0.3, 0.4) is 0 Å². The largest absolute Gasteiger partial charge is 0.380 e. The van der Waals surface area contributed by atoms with E-state index >= 15 is 0 Å². The molecule has 2 aromatic heterocycles. The summed E-state index contributed by atoms with van der Waals surface area (Å²) < 4.78 is 5.51. The Morgan fingerprint density at radius 2 is 2.04 bits per heavy atom. The fraction of sp³-hybridized carbons (Fsp3) is 0.526. The molecule has 1 amide bonds. The molecular formula is C19H24N4O3. The van der Waals surface area contributed by atoms with E-state index in [-0.39, 0.29) is 23.6 Å². The summed E-state index contributed by atoms with van der Waals surface area (Å²) in [7, 11) is 1.66. The van der Waals surface area contributed by atoms with Gasteiger partial charge in [0.2, 0.25) is 5.56 Å². The lowest BCUT2D eigenvalue weighted by Gasteiger charge is -2.23. The maximum absolute atomic E-state index is 13.2. The van der Waals surface area contributed by atoms with Crippen LogP contribution < -0.4 is 5.56 Å². The molecule has 0 bridgehead atoms. The SMILES string of the molecule is CO[C@@H]1C[C@@H](c2nc(C)c(C)[nH]2)N(C(=O)c2cc(C3CC3)[nH]c(=O)c2)C1. The minimum Gasteiger partial charge on any atom is -0.380 e. The van der Waals surface area contributed by atoms with E-state index in [9.17, 15) is 9.59 Å². The Balaban J connectivity index is 1.67. The second kappa shape index (κ2) is 6.39. The van der Waals surface area contributed by atoms with Crippen LogP contribution in [0, 0.1) is 13.8 Å². The Kier molecular flexibility index (Phi) is 4.19. The molecule has 26 heavy (non-hydrogen) atoms. The maximum atomic E-state index is 13.2. The summed E-state index contributed by atoms with van der Waals surface area (Å²) in [5.41, 5.74) is 3.02. The van der Waals surface area contributed by atoms with Crippen LogP contribution in [0.5, 0.6) is 0 Å². The molecule has 0 radical (unpaired) electrons. The third kappa shape index (κ3) is 3.07. The number of pyridine rings is 1. The van der Waals surface area contributed by atoms with Crippen LogP contribution >= 0.6 is 0 Å². The number of aromatic nitrogens is 3. The number of aromatic amines is 2. The van der Waals surface area contributed by atoms with Crippen molar-refractivity contribution < 1.29 is 9.53 Å². The average Bonchev–Trinajstić information content (AvgIpc) is 3.30. The van der Waals surface area contributed by atoms with Gasteiger partial charge in [-0.2, -0.15) is 0 Å². The number of methoxy groups -OCH3 is 1. The molecule has 2 aliphatic rings. The van der Waals surface area contributed by atoms with E-state index in [1.54, 1.807) is 12.0 Å². The zero-order chi connectivity index (χ0) is 18.4. The van der Waals surface area contributed by atoms with Crippen molar-refractivity contribution in [2.24, 2.45) is 0 Å². The highest BCUT2D eigenvalue weighted by atomic mass is 16.5. The summed E-state index contributed by atoms with van der Waals surface area (Å²) in [6.45, 7) is 4.41. The number of nitrogens with one attached hydrogen (secondary N) is 2. The molecule has 1 aliphatic heterocycles. The normalized spacial score (nSPS) is 22.8. The Labute approximate surface area is 151 Å². The molecule has 1 saturated heterocycles. The van der Waals surface area contributed by atoms with Crippen molar-refractivity contribution in [3.8, 4) is 0 Å². The predicted molar refractivity (Wildman–Crippen MR) is 96.3 cm³/mol. The highest BCUT2D eigenvalue weighted by Crippen LogP contribution is 2.39. The minimum atomic E-state index is -0.221. The van der Waals surface area contributed by atoms with E-state index in [1.807, 2.05) is 19.9 Å². The minimum absolute atomic E-state index is 0.0421. The average molecular weight is 356 g/mol. The molecule has 2 aromatic rings. The highest BCUT2D eigenvalue weighted by molar-refractivity contribution is 5.94. The molecule has 0 aromatic carbocycles. The van der Waals surface area contributed by atoms with Gasteiger partial charge in [-0.25, -0.2) is 4.98 Å². The number of carbonyl (C=O) groups excluding carboxylic acids is 1. The predicted octanol–water partition coefficient (Wildman–Crippen LogP) is 2.19. The van der Waals surface area contributed by atoms with Gasteiger partial charge >= 0.3 is 0 Å². The molecule has 7 nitrogen and oxygen atoms in total. The van der Waals surface area contributed by atoms with Crippen LogP contribution in [0.2, 0.25) is 0 Å². The highest BCUT2D eigenvalue weighted by Gasteiger charge is 2.39. The number of carbonyl (C=O) groups is 1. The molecule has 4 rings (SSSR count). The third-order valence-corrected chi connectivity index (χ3v) is 5.45. The number of imidazole rings is 1. The van der Waals surface area contributed by atoms with Gasteiger partial charge < -0.3 is 19.6 Å². The van der Waals surface area contributed by atoms with Crippen LogP contribution in [0.25, 0.3) is 0 Å². The lowest BCUT2D eigenvalue weighted by Crippen LogP contribution is -2.33. The second-order valence-electron chi connectivity index (χ2n) is 7.36. The summed E-state index contributed by atoms with van der Waals surface area (Å²) in [6, 6.07) is 3.05. The van der Waals surface area contributed by atoms with Gasteiger partial charge in [-0.05, 0) is 38.7 Å². The van der Waals surface area contributed by atoms with Crippen molar-refractivity contribution >= 4 is 5.91 Å². The van der Waals surface area contributed by atoms with Crippen molar-refractivity contribution in [2.45, 2.75) is 51.2 Å². The van der Waals surface area contributed by atoms with Crippen LogP contribution in [0.1, 0.15) is 64.5 Å². The van der Waals surface area contributed by atoms with Crippen molar-refractivity contribution in [2.75, 3.05) is 13.7 Å². The second-order valence-corrected chi connectivity index (χ2v) is 7.36. The van der Waals surface area contributed by atoms with E-state index in [2.05, 4.69) is 15.0 Å². The van der Waals surface area contributed by atoms with Crippen LogP contribution in [0.4, 0.5) is 0 Å². The number of nitrogens with zero attached hydrogens (tertiary/aromatic N) is 2. The van der Waals surface area contributed by atoms with Gasteiger partial charge in [-0.3, -0.25) is 9.59 Å². The summed E-state index contributed by atoms with van der Waals surface area (Å²) in [5.74, 6) is 1.02. The smallest absolute Gasteiger partial charge is 0.254 e. The van der Waals surface area contributed by atoms with E-state index in [0.717, 1.165) is 35.7 Å². The Bertz CT molecular complexity index is 877. The van der Waals surface area contributed by atoms with E-state index in [0.29, 0.717) is 24.4 Å². The first-order valence-corrected chi connectivity index (χ1v) is 9.07. The summed E-state index contributed by atoms with van der Waals surface area (Å²) in [4.78, 5) is 37.7. The maximum Gasteiger partial charge on any atom is 0.254 e. The van der Waals surface area contributed by atoms with E-state index in [1.165, 1.54) is 6.07 Å². The molecule has 7 heteroatoms. The van der Waals surface area contributed by atoms with Gasteiger partial charge in [0.1, 0.15) is 5.82 Å². The molecule has 1 aliphatic carbocycles. The first-order chi connectivity index (χ1) is 12.5. The van der Waals surface area contributed by atoms with Crippen molar-refractivity contribution in [3.63, 3.8) is 0 Å². The van der Waals surface area contributed by atoms with Gasteiger partial charge in [0, 0.05) is 43.1 Å². The summed E-state index contributed by atoms with van der Waals surface area (Å²) in [6.07, 6.45) is 2.78. The monoisotopic (exact) mass is 356 g/mol. The lowest BCUT2D eigenvalue weighted by molar-refractivity contribution is 0.0684. The molecule has 3 heterocycles. The fourth-order valence-corrected chi connectivity index (χ4v) is 3.65. The van der Waals surface area contributed by atoms with Gasteiger partial charge in [-0.15, -0.1) is 0 Å². The first kappa shape index (κ1) is 17.0. The molecule has 1 saturated carbocycles. The molecule has 2 atom stereocenters. The third-order valence-electron chi connectivity index (χ3n) is 5.45. The van der Waals surface area contributed by atoms with E-state index < -0.39 is 0 Å². The van der Waals surface area contributed by atoms with Crippen LogP contribution in [-0.4, -0.2) is 45.5 Å². The summed E-state index contributed by atoms with van der Waals surface area (Å²) >= 11 is 0. The van der Waals surface area contributed by atoms with Gasteiger partial charge in [0.25, 0.3) is 5.91 Å². The number of amides is 1. The van der Waals surface area contributed by atoms with Crippen LogP contribution in [-0.2, 0) is 4.74 Å². The van der Waals surface area contributed by atoms with Gasteiger partial charge in [-0.1, -0.05) is 0 Å². The number of likely N-dealkylation sites (tertiary alicyclic amines) is 1. The lowest BCUT2D eigenvalue weighted by atomic mass is 10.1. The zero-order valence-corrected chi connectivity index (χ0v) is 15.3. The summed E-state index contributed by atoms with van der Waals surface area (Å²) in [5, 5.41) is 0.